The minimum Gasteiger partial charge on any atom is -0.485 e. The van der Waals surface area contributed by atoms with Crippen molar-refractivity contribution in [1.82, 2.24) is 0 Å². The monoisotopic (exact) mass is 856 g/mol. The fourth-order valence-electron chi connectivity index (χ4n) is 8.96. The van der Waals surface area contributed by atoms with E-state index >= 15 is 0 Å². The highest BCUT2D eigenvalue weighted by Gasteiger charge is 2.64. The van der Waals surface area contributed by atoms with E-state index in [1.54, 1.807) is 74.5 Å². The van der Waals surface area contributed by atoms with Crippen LogP contribution in [0.1, 0.15) is 79.8 Å². The average molecular weight is 857 g/mol. The largest absolute Gasteiger partial charge is 0.485 e. The summed E-state index contributed by atoms with van der Waals surface area (Å²) in [5, 5.41) is 31.1. The number of nitro benzene ring substituents is 2. The number of fused-ring (bicyclic) bond motifs is 2. The Morgan fingerprint density at radius 1 is 0.500 bits per heavy atom. The van der Waals surface area contributed by atoms with Crippen LogP contribution in [-0.2, 0) is 9.68 Å². The van der Waals surface area contributed by atoms with E-state index < -0.39 is 45.1 Å². The van der Waals surface area contributed by atoms with Crippen LogP contribution in [0.5, 0.6) is 11.5 Å². The molecular weight excluding hydrogens is 817 g/mol. The highest BCUT2D eigenvalue weighted by molar-refractivity contribution is 6.17. The van der Waals surface area contributed by atoms with Gasteiger partial charge >= 0.3 is 0 Å². The van der Waals surface area contributed by atoms with Crippen LogP contribution in [0, 0.1) is 34.1 Å². The van der Waals surface area contributed by atoms with Crippen molar-refractivity contribution in [3.05, 3.63) is 210 Å². The van der Waals surface area contributed by atoms with E-state index in [0.29, 0.717) is 45.2 Å². The summed E-state index contributed by atoms with van der Waals surface area (Å²) < 4.78 is 12.3. The van der Waals surface area contributed by atoms with Gasteiger partial charge < -0.3 is 19.1 Å². The van der Waals surface area contributed by atoms with Gasteiger partial charge in [-0.2, -0.15) is 0 Å². The van der Waals surface area contributed by atoms with Crippen molar-refractivity contribution in [3.63, 3.8) is 0 Å². The van der Waals surface area contributed by atoms with Crippen molar-refractivity contribution in [1.29, 1.82) is 0 Å². The van der Waals surface area contributed by atoms with Crippen molar-refractivity contribution in [3.8, 4) is 11.5 Å². The van der Waals surface area contributed by atoms with E-state index in [4.69, 9.17) is 19.1 Å². The Morgan fingerprint density at radius 2 is 0.844 bits per heavy atom. The Balaban J connectivity index is 0.000000162. The van der Waals surface area contributed by atoms with Gasteiger partial charge in [-0.3, -0.25) is 29.8 Å². The van der Waals surface area contributed by atoms with Gasteiger partial charge in [0.05, 0.1) is 44.2 Å². The van der Waals surface area contributed by atoms with Crippen LogP contribution >= 0.6 is 0 Å². The van der Waals surface area contributed by atoms with Gasteiger partial charge in [0.25, 0.3) is 11.4 Å². The standard InChI is InChI=1S/2C25H20N2O5/c2*1-15-7-9-18(10-8-15)23-22(17-11-13-19(14-12-17)27(29)30)25(32-26-23)16(2)31-21-6-4-3-5-20(21)24(25)28/h2*3-14,16,22H,1-2H3/t2*16-,22+,25+/m10/s1. The summed E-state index contributed by atoms with van der Waals surface area (Å²) in [5.41, 5.74) is 4.31. The normalized spacial score (nSPS) is 23.8. The SMILES string of the molecule is Cc1ccc(C2=NO[C@@]3(C(=O)c4ccccc4O[C@H]3C)[C@@H]2c2ccc([N+](=O)[O-])cc2)cc1.Cc1ccc(C2=NO[C@]3(C(=O)c4ccccc4O[C@@H]3C)[C@H]2c2ccc([N+](=O)[O-])cc2)cc1. The van der Waals surface area contributed by atoms with E-state index in [2.05, 4.69) is 10.3 Å². The smallest absolute Gasteiger partial charge is 0.269 e. The quantitative estimate of drug-likeness (QED) is 0.116. The third kappa shape index (κ3) is 6.74. The van der Waals surface area contributed by atoms with Gasteiger partial charge in [0.15, 0.2) is 0 Å². The second-order valence-corrected chi connectivity index (χ2v) is 16.2. The number of oxime groups is 2. The van der Waals surface area contributed by atoms with Crippen molar-refractivity contribution in [2.75, 3.05) is 0 Å². The van der Waals surface area contributed by atoms with E-state index in [1.807, 2.05) is 74.5 Å². The maximum atomic E-state index is 13.9. The zero-order chi connectivity index (χ0) is 44.9. The van der Waals surface area contributed by atoms with Gasteiger partial charge in [-0.1, -0.05) is 119 Å². The molecule has 320 valence electrons. The number of nitrogens with zero attached hydrogens (tertiary/aromatic N) is 4. The Kier molecular flexibility index (Phi) is 10.4. The van der Waals surface area contributed by atoms with E-state index in [-0.39, 0.29) is 22.9 Å². The molecule has 0 unspecified atom stereocenters. The number of para-hydroxylation sites is 2. The van der Waals surface area contributed by atoms with Crippen molar-refractivity contribution < 1.29 is 38.6 Å². The van der Waals surface area contributed by atoms with Crippen LogP contribution in [0.25, 0.3) is 0 Å². The first kappa shape index (κ1) is 41.4. The lowest BCUT2D eigenvalue weighted by Gasteiger charge is -2.40. The minimum atomic E-state index is -1.43. The number of carbonyl (C=O) groups is 2. The van der Waals surface area contributed by atoms with Crippen molar-refractivity contribution in [2.45, 2.75) is 62.9 Å². The van der Waals surface area contributed by atoms with Crippen LogP contribution in [0.15, 0.2) is 156 Å². The second-order valence-electron chi connectivity index (χ2n) is 16.2. The molecule has 6 atom stereocenters. The fourth-order valence-corrected chi connectivity index (χ4v) is 8.96. The minimum absolute atomic E-state index is 0.0276. The zero-order valence-electron chi connectivity index (χ0n) is 35.0. The Bertz CT molecular complexity index is 2700. The summed E-state index contributed by atoms with van der Waals surface area (Å²) in [6.07, 6.45) is -1.28. The molecule has 0 aliphatic carbocycles. The number of aryl methyl sites for hydroxylation is 2. The summed E-state index contributed by atoms with van der Waals surface area (Å²) in [5.74, 6) is -0.651. The van der Waals surface area contributed by atoms with E-state index in [0.717, 1.165) is 22.3 Å². The molecule has 0 fully saturated rings. The van der Waals surface area contributed by atoms with Crippen molar-refractivity contribution in [2.24, 2.45) is 10.3 Å². The molecule has 2 spiro atoms. The van der Waals surface area contributed by atoms with Gasteiger partial charge in [-0.05, 0) is 63.1 Å². The molecule has 6 aromatic carbocycles. The van der Waals surface area contributed by atoms with Gasteiger partial charge in [0.1, 0.15) is 23.7 Å². The third-order valence-electron chi connectivity index (χ3n) is 12.4. The first-order valence-electron chi connectivity index (χ1n) is 20.6. The molecule has 64 heavy (non-hydrogen) atoms. The molecule has 14 nitrogen and oxygen atoms in total. The van der Waals surface area contributed by atoms with Crippen molar-refractivity contribution >= 4 is 34.4 Å². The predicted octanol–water partition coefficient (Wildman–Crippen LogP) is 9.65. The predicted molar refractivity (Wildman–Crippen MR) is 236 cm³/mol. The molecule has 6 aromatic rings. The average Bonchev–Trinajstić information content (AvgIpc) is 3.90. The third-order valence-corrected chi connectivity index (χ3v) is 12.4. The lowest BCUT2D eigenvalue weighted by Crippen LogP contribution is -2.58. The number of ether oxygens (including phenoxy) is 2. The number of Topliss-reactive ketones (excluding diaryl/α,β-unsaturated/α-hetero) is 2. The van der Waals surface area contributed by atoms with E-state index in [9.17, 15) is 29.8 Å². The molecule has 4 aliphatic heterocycles. The van der Waals surface area contributed by atoms with Crippen LogP contribution in [0.2, 0.25) is 0 Å². The fraction of sp³-hybridized carbons (Fsp3) is 0.200. The van der Waals surface area contributed by atoms with E-state index in [1.165, 1.54) is 24.3 Å². The Hall–Kier alpha value is -8.00. The van der Waals surface area contributed by atoms with Gasteiger partial charge in [-0.25, -0.2) is 0 Å². The maximum Gasteiger partial charge on any atom is 0.269 e. The van der Waals surface area contributed by atoms with Crippen LogP contribution in [0.3, 0.4) is 0 Å². The lowest BCUT2D eigenvalue weighted by atomic mass is 9.70. The molecule has 0 N–H and O–H groups in total. The number of benzene rings is 6. The highest BCUT2D eigenvalue weighted by atomic mass is 16.7. The molecule has 0 amide bonds. The van der Waals surface area contributed by atoms with Gasteiger partial charge in [0.2, 0.25) is 22.8 Å². The molecule has 4 heterocycles. The molecule has 0 saturated heterocycles. The molecule has 0 aromatic heterocycles. The number of carbonyl (C=O) groups excluding carboxylic acids is 2. The Labute approximate surface area is 367 Å². The van der Waals surface area contributed by atoms with Crippen LogP contribution in [-0.4, -0.2) is 56.2 Å². The first-order valence-corrected chi connectivity index (χ1v) is 20.6. The summed E-state index contributed by atoms with van der Waals surface area (Å²) >= 11 is 0. The summed E-state index contributed by atoms with van der Waals surface area (Å²) in [6.45, 7) is 7.56. The second kappa shape index (κ2) is 16.0. The molecular formula is C50H40N4O10. The summed E-state index contributed by atoms with van der Waals surface area (Å²) in [4.78, 5) is 61.1. The molecule has 0 radical (unpaired) electrons. The summed E-state index contributed by atoms with van der Waals surface area (Å²) in [7, 11) is 0. The zero-order valence-corrected chi connectivity index (χ0v) is 35.0. The first-order chi connectivity index (χ1) is 30.8. The topological polar surface area (TPSA) is 182 Å². The number of hydrogen-bond acceptors (Lipinski definition) is 12. The summed E-state index contributed by atoms with van der Waals surface area (Å²) in [6, 6.07) is 42.1. The Morgan fingerprint density at radius 3 is 1.19 bits per heavy atom. The van der Waals surface area contributed by atoms with Gasteiger partial charge in [-0.15, -0.1) is 0 Å². The maximum absolute atomic E-state index is 13.9. The number of non-ortho nitro benzene ring substituents is 2. The molecule has 10 rings (SSSR count). The number of rotatable bonds is 6. The highest BCUT2D eigenvalue weighted by Crippen LogP contribution is 2.51. The molecule has 14 heteroatoms. The molecule has 0 saturated carbocycles. The molecule has 0 bridgehead atoms. The van der Waals surface area contributed by atoms with Gasteiger partial charge in [0, 0.05) is 35.4 Å². The number of hydrogen-bond donors (Lipinski definition) is 0. The van der Waals surface area contributed by atoms with Crippen LogP contribution in [0.4, 0.5) is 11.4 Å². The molecule has 4 aliphatic rings. The number of ketones is 2. The lowest BCUT2D eigenvalue weighted by molar-refractivity contribution is -0.385. The van der Waals surface area contributed by atoms with Crippen LogP contribution < -0.4 is 9.47 Å². The number of nitro groups is 2.